The predicted octanol–water partition coefficient (Wildman–Crippen LogP) is 3.63. The Morgan fingerprint density at radius 2 is 2.00 bits per heavy atom. The highest BCUT2D eigenvalue weighted by molar-refractivity contribution is 7.13. The topological polar surface area (TPSA) is 17.1 Å². The molecular formula is C11H16OS. The molecule has 1 aromatic heterocycles. The van der Waals surface area contributed by atoms with E-state index in [0.29, 0.717) is 11.8 Å². The van der Waals surface area contributed by atoms with Gasteiger partial charge in [-0.15, -0.1) is 11.3 Å². The number of hydrogen-bond acceptors (Lipinski definition) is 2. The van der Waals surface area contributed by atoms with Crippen LogP contribution in [0, 0.1) is 12.8 Å². The molecule has 2 heteroatoms. The van der Waals surface area contributed by atoms with E-state index in [2.05, 4.69) is 26.8 Å². The van der Waals surface area contributed by atoms with Crippen molar-refractivity contribution in [1.82, 2.24) is 0 Å². The van der Waals surface area contributed by atoms with Crippen molar-refractivity contribution in [3.8, 4) is 0 Å². The standard InChI is InChI=1S/C11H16OS/c1-7(2)9(4)10-5-8(3)13-11(10)6-12/h5-7,9H,1-4H3. The highest BCUT2D eigenvalue weighted by Gasteiger charge is 2.15. The number of carbonyl (C=O) groups excluding carboxylic acids is 1. The van der Waals surface area contributed by atoms with Gasteiger partial charge in [0.25, 0.3) is 0 Å². The Kier molecular flexibility index (Phi) is 3.26. The molecule has 0 aliphatic rings. The molecule has 0 bridgehead atoms. The summed E-state index contributed by atoms with van der Waals surface area (Å²) in [5.41, 5.74) is 1.22. The van der Waals surface area contributed by atoms with Crippen LogP contribution in [0.5, 0.6) is 0 Å². The van der Waals surface area contributed by atoms with E-state index in [1.807, 2.05) is 6.92 Å². The summed E-state index contributed by atoms with van der Waals surface area (Å²) in [5, 5.41) is 0. The Labute approximate surface area is 83.8 Å². The molecule has 0 fully saturated rings. The highest BCUT2D eigenvalue weighted by atomic mass is 32.1. The quantitative estimate of drug-likeness (QED) is 0.675. The van der Waals surface area contributed by atoms with E-state index >= 15 is 0 Å². The van der Waals surface area contributed by atoms with Crippen molar-refractivity contribution < 1.29 is 4.79 Å². The molecule has 0 saturated carbocycles. The molecule has 0 spiro atoms. The Hall–Kier alpha value is -0.630. The number of carbonyl (C=O) groups is 1. The lowest BCUT2D eigenvalue weighted by molar-refractivity contribution is 0.112. The van der Waals surface area contributed by atoms with Crippen LogP contribution in [0.1, 0.15) is 46.8 Å². The van der Waals surface area contributed by atoms with Crippen LogP contribution in [0.25, 0.3) is 0 Å². The van der Waals surface area contributed by atoms with Crippen LogP contribution in [0.4, 0.5) is 0 Å². The molecule has 1 rings (SSSR count). The molecule has 72 valence electrons. The summed E-state index contributed by atoms with van der Waals surface area (Å²) in [5.74, 6) is 1.07. The van der Waals surface area contributed by atoms with Gasteiger partial charge in [0.05, 0.1) is 4.88 Å². The van der Waals surface area contributed by atoms with Gasteiger partial charge in [-0.25, -0.2) is 0 Å². The normalized spacial score (nSPS) is 13.3. The van der Waals surface area contributed by atoms with Crippen molar-refractivity contribution in [3.63, 3.8) is 0 Å². The van der Waals surface area contributed by atoms with Gasteiger partial charge < -0.3 is 0 Å². The average Bonchev–Trinajstić information content (AvgIpc) is 2.45. The molecule has 0 saturated heterocycles. The van der Waals surface area contributed by atoms with E-state index in [0.717, 1.165) is 11.2 Å². The van der Waals surface area contributed by atoms with Crippen LogP contribution in [-0.4, -0.2) is 6.29 Å². The van der Waals surface area contributed by atoms with Crippen molar-refractivity contribution in [2.45, 2.75) is 33.6 Å². The summed E-state index contributed by atoms with van der Waals surface area (Å²) >= 11 is 1.59. The van der Waals surface area contributed by atoms with Crippen LogP contribution in [-0.2, 0) is 0 Å². The van der Waals surface area contributed by atoms with E-state index < -0.39 is 0 Å². The summed E-state index contributed by atoms with van der Waals surface area (Å²) < 4.78 is 0. The van der Waals surface area contributed by atoms with Gasteiger partial charge in [0.15, 0.2) is 6.29 Å². The van der Waals surface area contributed by atoms with Crippen LogP contribution in [0.2, 0.25) is 0 Å². The van der Waals surface area contributed by atoms with Crippen molar-refractivity contribution in [1.29, 1.82) is 0 Å². The first-order chi connectivity index (χ1) is 6.06. The fraction of sp³-hybridized carbons (Fsp3) is 0.545. The molecule has 1 heterocycles. The second kappa shape index (κ2) is 4.05. The number of thiophene rings is 1. The minimum Gasteiger partial charge on any atom is -0.297 e. The van der Waals surface area contributed by atoms with Gasteiger partial charge in [-0.05, 0) is 30.4 Å². The summed E-state index contributed by atoms with van der Waals surface area (Å²) in [6, 6.07) is 2.14. The van der Waals surface area contributed by atoms with Gasteiger partial charge in [-0.2, -0.15) is 0 Å². The van der Waals surface area contributed by atoms with E-state index in [1.54, 1.807) is 11.3 Å². The summed E-state index contributed by atoms with van der Waals surface area (Å²) in [6.07, 6.45) is 0.978. The second-order valence-electron chi connectivity index (χ2n) is 3.83. The molecule has 0 aliphatic carbocycles. The third-order valence-electron chi connectivity index (χ3n) is 2.51. The Bertz CT molecular complexity index is 299. The lowest BCUT2D eigenvalue weighted by atomic mass is 9.90. The van der Waals surface area contributed by atoms with E-state index in [1.165, 1.54) is 10.4 Å². The maximum absolute atomic E-state index is 10.8. The molecule has 0 N–H and O–H groups in total. The molecule has 13 heavy (non-hydrogen) atoms. The average molecular weight is 196 g/mol. The maximum atomic E-state index is 10.8. The molecule has 0 radical (unpaired) electrons. The molecule has 0 amide bonds. The van der Waals surface area contributed by atoms with E-state index in [-0.39, 0.29) is 0 Å². The lowest BCUT2D eigenvalue weighted by Crippen LogP contribution is -2.02. The largest absolute Gasteiger partial charge is 0.297 e. The minimum atomic E-state index is 0.477. The monoisotopic (exact) mass is 196 g/mol. The smallest absolute Gasteiger partial charge is 0.160 e. The number of hydrogen-bond donors (Lipinski definition) is 0. The minimum absolute atomic E-state index is 0.477. The van der Waals surface area contributed by atoms with Crippen LogP contribution in [0.15, 0.2) is 6.07 Å². The van der Waals surface area contributed by atoms with Gasteiger partial charge in [0.2, 0.25) is 0 Å². The summed E-state index contributed by atoms with van der Waals surface area (Å²) in [6.45, 7) is 8.60. The summed E-state index contributed by atoms with van der Waals surface area (Å²) in [7, 11) is 0. The highest BCUT2D eigenvalue weighted by Crippen LogP contribution is 2.31. The van der Waals surface area contributed by atoms with E-state index in [4.69, 9.17) is 0 Å². The van der Waals surface area contributed by atoms with Crippen LogP contribution >= 0.6 is 11.3 Å². The number of rotatable bonds is 3. The molecule has 1 aromatic rings. The lowest BCUT2D eigenvalue weighted by Gasteiger charge is -2.14. The Balaban J connectivity index is 3.04. The van der Waals surface area contributed by atoms with Crippen molar-refractivity contribution in [2.75, 3.05) is 0 Å². The number of aryl methyl sites for hydroxylation is 1. The second-order valence-corrected chi connectivity index (χ2v) is 5.12. The Morgan fingerprint density at radius 1 is 1.38 bits per heavy atom. The molecule has 1 unspecified atom stereocenters. The fourth-order valence-electron chi connectivity index (χ4n) is 1.36. The SMILES string of the molecule is Cc1cc(C(C)C(C)C)c(C=O)s1. The third kappa shape index (κ3) is 2.19. The zero-order valence-electron chi connectivity index (χ0n) is 8.63. The summed E-state index contributed by atoms with van der Waals surface area (Å²) in [4.78, 5) is 12.9. The van der Waals surface area contributed by atoms with Gasteiger partial charge in [-0.3, -0.25) is 4.79 Å². The third-order valence-corrected chi connectivity index (χ3v) is 3.50. The Morgan fingerprint density at radius 3 is 2.46 bits per heavy atom. The fourth-order valence-corrected chi connectivity index (χ4v) is 2.30. The first-order valence-corrected chi connectivity index (χ1v) is 5.43. The molecule has 1 atom stereocenters. The molecular weight excluding hydrogens is 180 g/mol. The zero-order valence-corrected chi connectivity index (χ0v) is 9.44. The predicted molar refractivity (Wildman–Crippen MR) is 57.7 cm³/mol. The molecule has 0 aliphatic heterocycles. The molecule has 1 nitrogen and oxygen atoms in total. The maximum Gasteiger partial charge on any atom is 0.160 e. The van der Waals surface area contributed by atoms with Crippen LogP contribution in [0.3, 0.4) is 0 Å². The van der Waals surface area contributed by atoms with Crippen molar-refractivity contribution >= 4 is 17.6 Å². The molecule has 0 aromatic carbocycles. The van der Waals surface area contributed by atoms with Crippen molar-refractivity contribution in [2.24, 2.45) is 5.92 Å². The number of aldehydes is 1. The van der Waals surface area contributed by atoms with Gasteiger partial charge >= 0.3 is 0 Å². The van der Waals surface area contributed by atoms with Crippen molar-refractivity contribution in [3.05, 3.63) is 21.4 Å². The zero-order chi connectivity index (χ0) is 10.0. The van der Waals surface area contributed by atoms with Gasteiger partial charge in [0.1, 0.15) is 0 Å². The van der Waals surface area contributed by atoms with Crippen LogP contribution < -0.4 is 0 Å². The van der Waals surface area contributed by atoms with E-state index in [9.17, 15) is 4.79 Å². The van der Waals surface area contributed by atoms with Gasteiger partial charge in [0, 0.05) is 4.88 Å². The first kappa shape index (κ1) is 10.5. The first-order valence-electron chi connectivity index (χ1n) is 4.61. The van der Waals surface area contributed by atoms with Gasteiger partial charge in [-0.1, -0.05) is 20.8 Å².